The fraction of sp³-hybridized carbons (Fsp3) is 0.462. The topological polar surface area (TPSA) is 528 Å². The van der Waals surface area contributed by atoms with Gasteiger partial charge in [-0.1, -0.05) is 25.8 Å². The second kappa shape index (κ2) is 37.1. The van der Waals surface area contributed by atoms with Gasteiger partial charge in [-0.05, 0) is 155 Å². The standard InChI is InChI=1S/3C26H32N5O9P/c2*1-13(2)39-26(34)15(4)30-41(35,40-17-6-7-21-22(8-17)37-12-36-21)38-10-18-14(3)19(9-20(18)32)31-11-27-23-24(31)28-16(5)29-25(23)33;1-13(2)39-26(34)15(4)30-41(35,40-21-8-6-7-20-23(21)37-12-36-20)38-10-17-14(3)18(9-19(17)32)31-11-27-22-24(31)28-16(5)29-25(22)33/h2*6-8,11,13,15,18-20,32H,3,9-10,12H2,1-2,4-5H3,(H,30,35)(H,28,29,33);6-8,11,13,15,17-19,32H,3,9-10,12H2,1-2,4-5H3,(H,30,35)(H,28,29,33)/t15-,18-,19-,20-,41+;15-,18-,19-,20-,41-;15-,17-,18-,19-,41?/m000/s1. The number of para-hydroxylation sites is 1. The quantitative estimate of drug-likeness (QED) is 0.00884. The highest BCUT2D eigenvalue weighted by Gasteiger charge is 2.46. The molecule has 15 atom stereocenters. The fourth-order valence-electron chi connectivity index (χ4n) is 14.4. The van der Waals surface area contributed by atoms with Crippen molar-refractivity contribution in [1.82, 2.24) is 73.8 Å². The number of aryl methyl sites for hydroxylation is 3. The van der Waals surface area contributed by atoms with E-state index in [1.54, 1.807) is 100 Å². The summed E-state index contributed by atoms with van der Waals surface area (Å²) in [6, 6.07) is 9.58. The third-order valence-corrected chi connectivity index (χ3v) is 25.2. The van der Waals surface area contributed by atoms with E-state index in [0.29, 0.717) is 79.9 Å². The van der Waals surface area contributed by atoms with E-state index in [2.05, 4.69) is 79.9 Å². The zero-order chi connectivity index (χ0) is 88.4. The van der Waals surface area contributed by atoms with E-state index in [-0.39, 0.29) is 128 Å². The molecule has 0 spiro atoms. The number of aromatic amines is 3. The molecule has 123 heavy (non-hydrogen) atoms. The lowest BCUT2D eigenvalue weighted by Gasteiger charge is -2.26. The lowest BCUT2D eigenvalue weighted by molar-refractivity contribution is -0.150. The molecular weight excluding hydrogens is 1670 g/mol. The van der Waals surface area contributed by atoms with Gasteiger partial charge < -0.3 is 100 Å². The van der Waals surface area contributed by atoms with Crippen molar-refractivity contribution in [3.63, 3.8) is 0 Å². The second-order valence-electron chi connectivity index (χ2n) is 30.6. The van der Waals surface area contributed by atoms with Crippen molar-refractivity contribution in [2.75, 3.05) is 40.2 Å². The highest BCUT2D eigenvalue weighted by molar-refractivity contribution is 7.52. The summed E-state index contributed by atoms with van der Waals surface area (Å²) in [7, 11) is -12.7. The van der Waals surface area contributed by atoms with Crippen molar-refractivity contribution < 1.29 is 113 Å². The van der Waals surface area contributed by atoms with Crippen LogP contribution in [0.15, 0.2) is 124 Å². The predicted octanol–water partition coefficient (Wildman–Crippen LogP) is 8.30. The molecule has 15 rings (SSSR count). The number of esters is 3. The van der Waals surface area contributed by atoms with Crippen LogP contribution in [0.2, 0.25) is 0 Å². The maximum Gasteiger partial charge on any atom is 0.459 e. The van der Waals surface area contributed by atoms with Gasteiger partial charge >= 0.3 is 41.1 Å². The molecule has 0 bridgehead atoms. The van der Waals surface area contributed by atoms with Crippen LogP contribution in [0.5, 0.6) is 51.7 Å². The number of ether oxygens (including phenoxy) is 9. The largest absolute Gasteiger partial charge is 0.462 e. The maximum atomic E-state index is 14.1. The molecule has 9 aromatic rings. The first-order valence-corrected chi connectivity index (χ1v) is 43.8. The molecule has 9 heterocycles. The Bertz CT molecular complexity index is 5630. The van der Waals surface area contributed by atoms with Crippen molar-refractivity contribution in [2.24, 2.45) is 17.8 Å². The van der Waals surface area contributed by atoms with Crippen LogP contribution in [0, 0.1) is 38.5 Å². The van der Waals surface area contributed by atoms with Gasteiger partial charge in [0.25, 0.3) is 16.7 Å². The third kappa shape index (κ3) is 20.4. The number of hydrogen-bond donors (Lipinski definition) is 9. The van der Waals surface area contributed by atoms with Gasteiger partial charge in [-0.3, -0.25) is 42.3 Å². The van der Waals surface area contributed by atoms with Gasteiger partial charge in [0.1, 0.15) is 47.1 Å². The van der Waals surface area contributed by atoms with E-state index in [0.717, 1.165) is 0 Å². The number of rotatable bonds is 30. The lowest BCUT2D eigenvalue weighted by Crippen LogP contribution is -2.36. The van der Waals surface area contributed by atoms with Crippen LogP contribution in [-0.2, 0) is 55.9 Å². The summed E-state index contributed by atoms with van der Waals surface area (Å²) in [6.07, 6.45) is 1.23. The first-order chi connectivity index (χ1) is 58.3. The first kappa shape index (κ1) is 89.6. The molecule has 6 aliphatic rings. The molecule has 0 saturated heterocycles. The summed E-state index contributed by atoms with van der Waals surface area (Å²) in [5, 5.41) is 40.8. The molecule has 3 fully saturated rings. The van der Waals surface area contributed by atoms with Crippen LogP contribution in [0.4, 0.5) is 0 Å². The van der Waals surface area contributed by atoms with E-state index in [9.17, 15) is 57.8 Å². The molecule has 9 N–H and O–H groups in total. The number of nitrogens with one attached hydrogen (secondary N) is 6. The molecule has 1 unspecified atom stereocenters. The predicted molar refractivity (Wildman–Crippen MR) is 437 cm³/mol. The van der Waals surface area contributed by atoms with E-state index in [1.807, 2.05) is 0 Å². The fourth-order valence-corrected chi connectivity index (χ4v) is 18.9. The number of hydrogen-bond acceptors (Lipinski definition) is 33. The van der Waals surface area contributed by atoms with Gasteiger partial charge in [-0.15, -0.1) is 0 Å². The normalized spacial score (nSPS) is 22.2. The van der Waals surface area contributed by atoms with Gasteiger partial charge in [0.2, 0.25) is 26.1 Å². The Labute approximate surface area is 702 Å². The minimum absolute atomic E-state index is 0.0376. The summed E-state index contributed by atoms with van der Waals surface area (Å²) in [5.74, 6) is 0.173. The Kier molecular flexibility index (Phi) is 27.0. The average Bonchev–Trinajstić information content (AvgIpc) is 1.62. The van der Waals surface area contributed by atoms with Crippen molar-refractivity contribution in [3.8, 4) is 51.7 Å². The van der Waals surface area contributed by atoms with E-state index in [1.165, 1.54) is 70.1 Å². The molecule has 45 heteroatoms. The Hall–Kier alpha value is -11.1. The molecule has 6 aromatic heterocycles. The molecule has 3 aliphatic heterocycles. The van der Waals surface area contributed by atoms with Crippen molar-refractivity contribution >= 4 is 74.6 Å². The van der Waals surface area contributed by atoms with Crippen LogP contribution in [0.1, 0.15) is 117 Å². The molecule has 3 saturated carbocycles. The molecule has 3 aromatic carbocycles. The monoisotopic (exact) mass is 1770 g/mol. The maximum absolute atomic E-state index is 14.1. The summed E-state index contributed by atoms with van der Waals surface area (Å²) >= 11 is 0. The number of aromatic nitrogens is 12. The minimum Gasteiger partial charge on any atom is -0.462 e. The number of aliphatic hydroxyl groups excluding tert-OH is 3. The molecule has 0 amide bonds. The Morgan fingerprint density at radius 1 is 0.463 bits per heavy atom. The zero-order valence-corrected chi connectivity index (χ0v) is 71.8. The lowest BCUT2D eigenvalue weighted by atomic mass is 10.0. The summed E-state index contributed by atoms with van der Waals surface area (Å²) in [5.41, 5.74) is 2.20. The van der Waals surface area contributed by atoms with Crippen LogP contribution in [-0.4, -0.2) is 187 Å². The highest BCUT2D eigenvalue weighted by atomic mass is 31.2. The molecule has 42 nitrogen and oxygen atoms in total. The number of fused-ring (bicyclic) bond motifs is 6. The van der Waals surface area contributed by atoms with Gasteiger partial charge in [-0.2, -0.15) is 15.3 Å². The van der Waals surface area contributed by atoms with Crippen molar-refractivity contribution in [2.45, 2.75) is 175 Å². The second-order valence-corrected chi connectivity index (χ2v) is 35.7. The minimum atomic E-state index is -4.28. The Morgan fingerprint density at radius 2 is 0.780 bits per heavy atom. The van der Waals surface area contributed by atoms with Crippen LogP contribution in [0.25, 0.3) is 33.5 Å². The number of benzene rings is 3. The number of H-pyrrole nitrogens is 3. The number of carbonyl (C=O) groups is 3. The van der Waals surface area contributed by atoms with Crippen molar-refractivity contribution in [1.29, 1.82) is 0 Å². The molecular formula is C78H96N15O27P3. The van der Waals surface area contributed by atoms with E-state index >= 15 is 0 Å². The molecule has 0 radical (unpaired) electrons. The van der Waals surface area contributed by atoms with Gasteiger partial charge in [0.15, 0.2) is 68.0 Å². The van der Waals surface area contributed by atoms with Crippen LogP contribution in [0.3, 0.4) is 0 Å². The van der Waals surface area contributed by atoms with Gasteiger partial charge in [-0.25, -0.2) is 43.6 Å². The SMILES string of the molecule is C=C1[C@H](COP(=O)(N[C@@H](C)C(=O)OC(C)C)Oc2cccc3c2OCO3)[C@@H](O)C[C@@H]1n1cnc2c(=O)[nH]c(C)nc21.C=C1[C@H](CO[P@@](=O)(N[C@@H](C)C(=O)OC(C)C)Oc2ccc3c(c2)OCO3)[C@@H](O)C[C@@H]1n1cnc2c(=O)[nH]c(C)nc21.C=C1[C@H](CO[P@](=O)(N[C@@H](C)C(=O)OC(C)C)Oc2ccc3c(c2)OCO3)[C@@H](O)C[C@@H]1n1cnc2c(=O)[nH]c(C)nc21. The Morgan fingerprint density at radius 3 is 1.12 bits per heavy atom. The van der Waals surface area contributed by atoms with Gasteiger partial charge in [0, 0.05) is 29.9 Å². The molecule has 3 aliphatic carbocycles. The zero-order valence-electron chi connectivity index (χ0n) is 69.1. The van der Waals surface area contributed by atoms with Crippen LogP contribution >= 0.6 is 23.2 Å². The Balaban J connectivity index is 0.000000159. The highest BCUT2D eigenvalue weighted by Crippen LogP contribution is 2.55. The first-order valence-electron chi connectivity index (χ1n) is 39.2. The summed E-state index contributed by atoms with van der Waals surface area (Å²) < 4.78 is 130. The number of nitrogens with zero attached hydrogens (tertiary/aromatic N) is 9. The van der Waals surface area contributed by atoms with Crippen LogP contribution < -0.4 is 73.9 Å². The van der Waals surface area contributed by atoms with Gasteiger partial charge in [0.05, 0.1) is 93.6 Å². The van der Waals surface area contributed by atoms with E-state index in [4.69, 9.17) is 69.8 Å². The summed E-state index contributed by atoms with van der Waals surface area (Å²) in [4.78, 5) is 108. The van der Waals surface area contributed by atoms with Crippen molar-refractivity contribution in [3.05, 3.63) is 159 Å². The average molecular weight is 1770 g/mol. The smallest absolute Gasteiger partial charge is 0.459 e. The molecule has 660 valence electrons. The number of aliphatic hydroxyl groups is 3. The number of imidazole rings is 3. The summed E-state index contributed by atoms with van der Waals surface area (Å²) in [6.45, 7) is 31.4. The van der Waals surface area contributed by atoms with E-state index < -0.39 is 120 Å². The number of carbonyl (C=O) groups excluding carboxylic acids is 3. The third-order valence-electron chi connectivity index (χ3n) is 20.3.